The van der Waals surface area contributed by atoms with Gasteiger partial charge in [-0.05, 0) is 13.3 Å². The summed E-state index contributed by atoms with van der Waals surface area (Å²) in [7, 11) is 3.54. The van der Waals surface area contributed by atoms with Crippen molar-refractivity contribution in [2.75, 3.05) is 10.6 Å². The molecule has 2 aromatic heterocycles. The van der Waals surface area contributed by atoms with Crippen molar-refractivity contribution < 1.29 is 9.59 Å². The van der Waals surface area contributed by atoms with E-state index < -0.39 is 0 Å². The molecule has 2 N–H and O–H groups in total. The van der Waals surface area contributed by atoms with E-state index >= 15 is 0 Å². The molecule has 0 atom stereocenters. The van der Waals surface area contributed by atoms with Gasteiger partial charge in [-0.3, -0.25) is 9.59 Å². The van der Waals surface area contributed by atoms with E-state index in [9.17, 15) is 9.59 Å². The number of nitrogens with zero attached hydrogens (tertiary/aromatic N) is 4. The zero-order chi connectivity index (χ0) is 16.3. The highest BCUT2D eigenvalue weighted by atomic mass is 16.2. The number of imidazole rings is 2. The van der Waals surface area contributed by atoms with Crippen molar-refractivity contribution in [2.24, 2.45) is 14.1 Å². The Morgan fingerprint density at radius 1 is 1.09 bits per heavy atom. The van der Waals surface area contributed by atoms with Gasteiger partial charge < -0.3 is 19.8 Å². The van der Waals surface area contributed by atoms with Crippen molar-refractivity contribution in [3.8, 4) is 0 Å². The fraction of sp³-hybridized carbons (Fsp3) is 0.429. The third-order valence-electron chi connectivity index (χ3n) is 3.17. The molecular formula is C14H20N6O2. The highest BCUT2D eigenvalue weighted by Crippen LogP contribution is 2.11. The molecule has 0 aliphatic carbocycles. The van der Waals surface area contributed by atoms with Gasteiger partial charge >= 0.3 is 0 Å². The number of hydrogen-bond donors (Lipinski definition) is 2. The number of anilines is 2. The fourth-order valence-corrected chi connectivity index (χ4v) is 1.96. The van der Waals surface area contributed by atoms with Gasteiger partial charge in [-0.2, -0.15) is 0 Å². The summed E-state index contributed by atoms with van der Waals surface area (Å²) in [5.41, 5.74) is 0. The minimum absolute atomic E-state index is 0.118. The van der Waals surface area contributed by atoms with Gasteiger partial charge in [0, 0.05) is 32.9 Å². The Balaban J connectivity index is 2.09. The second-order valence-corrected chi connectivity index (χ2v) is 5.10. The zero-order valence-electron chi connectivity index (χ0n) is 13.2. The van der Waals surface area contributed by atoms with Crippen LogP contribution in [0.15, 0.2) is 12.4 Å². The summed E-state index contributed by atoms with van der Waals surface area (Å²) in [5, 5.41) is 5.35. The Morgan fingerprint density at radius 2 is 1.73 bits per heavy atom. The normalized spacial score (nSPS) is 10.5. The van der Waals surface area contributed by atoms with Crippen LogP contribution in [0.3, 0.4) is 0 Å². The molecule has 8 heteroatoms. The van der Waals surface area contributed by atoms with Crippen LogP contribution in [0.1, 0.15) is 36.2 Å². The molecule has 0 spiro atoms. The Labute approximate surface area is 128 Å². The highest BCUT2D eigenvalue weighted by molar-refractivity contribution is 6.02. The lowest BCUT2D eigenvalue weighted by Gasteiger charge is -2.01. The molecule has 22 heavy (non-hydrogen) atoms. The van der Waals surface area contributed by atoms with Crippen LogP contribution in [0.25, 0.3) is 0 Å². The monoisotopic (exact) mass is 304 g/mol. The van der Waals surface area contributed by atoms with Crippen LogP contribution in [0, 0.1) is 6.92 Å². The van der Waals surface area contributed by atoms with E-state index in [1.807, 2.05) is 25.5 Å². The Hall–Kier alpha value is -2.64. The van der Waals surface area contributed by atoms with E-state index in [1.165, 1.54) is 0 Å². The molecule has 8 nitrogen and oxygen atoms in total. The summed E-state index contributed by atoms with van der Waals surface area (Å²) in [4.78, 5) is 32.1. The molecule has 0 aromatic carbocycles. The summed E-state index contributed by atoms with van der Waals surface area (Å²) in [6.45, 7) is 3.77. The summed E-state index contributed by atoms with van der Waals surface area (Å²) < 4.78 is 3.37. The maximum Gasteiger partial charge on any atom is 0.292 e. The van der Waals surface area contributed by atoms with Crippen molar-refractivity contribution in [1.82, 2.24) is 19.1 Å². The first kappa shape index (κ1) is 15.7. The van der Waals surface area contributed by atoms with E-state index in [0.717, 1.165) is 12.2 Å². The van der Waals surface area contributed by atoms with Crippen LogP contribution >= 0.6 is 0 Å². The van der Waals surface area contributed by atoms with Gasteiger partial charge in [0.25, 0.3) is 5.91 Å². The molecule has 0 bridgehead atoms. The van der Waals surface area contributed by atoms with Crippen LogP contribution < -0.4 is 10.6 Å². The molecule has 0 radical (unpaired) electrons. The second kappa shape index (κ2) is 6.42. The van der Waals surface area contributed by atoms with Crippen molar-refractivity contribution >= 4 is 23.5 Å². The Bertz CT molecular complexity index is 681. The zero-order valence-corrected chi connectivity index (χ0v) is 13.2. The lowest BCUT2D eigenvalue weighted by atomic mass is 10.3. The molecule has 0 saturated carbocycles. The smallest absolute Gasteiger partial charge is 0.292 e. The van der Waals surface area contributed by atoms with Crippen LogP contribution in [-0.4, -0.2) is 30.9 Å². The SMILES string of the molecule is CCCC(=O)Nc1cn(C)c(C(=O)Nc2cn(C)c(C)n2)n1. The molecule has 2 rings (SSSR count). The molecule has 0 fully saturated rings. The number of aromatic nitrogens is 4. The first-order valence-corrected chi connectivity index (χ1v) is 7.05. The largest absolute Gasteiger partial charge is 0.336 e. The summed E-state index contributed by atoms with van der Waals surface area (Å²) >= 11 is 0. The maximum absolute atomic E-state index is 12.2. The van der Waals surface area contributed by atoms with Crippen molar-refractivity contribution in [1.29, 1.82) is 0 Å². The van der Waals surface area contributed by atoms with E-state index in [1.54, 1.807) is 24.0 Å². The molecule has 2 heterocycles. The van der Waals surface area contributed by atoms with Gasteiger partial charge in [0.15, 0.2) is 11.6 Å². The van der Waals surface area contributed by atoms with E-state index in [0.29, 0.717) is 18.1 Å². The summed E-state index contributed by atoms with van der Waals surface area (Å²) in [5.74, 6) is 1.33. The van der Waals surface area contributed by atoms with Crippen molar-refractivity contribution in [3.05, 3.63) is 24.0 Å². The number of amides is 2. The molecule has 0 aliphatic rings. The molecule has 2 amide bonds. The maximum atomic E-state index is 12.2. The van der Waals surface area contributed by atoms with E-state index in [2.05, 4.69) is 20.6 Å². The number of rotatable bonds is 5. The quantitative estimate of drug-likeness (QED) is 0.874. The fourth-order valence-electron chi connectivity index (χ4n) is 1.96. The third-order valence-corrected chi connectivity index (χ3v) is 3.17. The lowest BCUT2D eigenvalue weighted by Crippen LogP contribution is -2.17. The molecule has 0 saturated heterocycles. The van der Waals surface area contributed by atoms with Gasteiger partial charge in [0.2, 0.25) is 11.7 Å². The predicted octanol–water partition coefficient (Wildman–Crippen LogP) is 1.45. The molecule has 0 aliphatic heterocycles. The minimum atomic E-state index is -0.378. The van der Waals surface area contributed by atoms with Gasteiger partial charge in [0.1, 0.15) is 5.82 Å². The van der Waals surface area contributed by atoms with Crippen molar-refractivity contribution in [3.63, 3.8) is 0 Å². The average Bonchev–Trinajstić information content (AvgIpc) is 2.93. The number of carbonyl (C=O) groups is 2. The molecule has 118 valence electrons. The van der Waals surface area contributed by atoms with Gasteiger partial charge in [0.05, 0.1) is 0 Å². The van der Waals surface area contributed by atoms with Gasteiger partial charge in [-0.15, -0.1) is 0 Å². The first-order valence-electron chi connectivity index (χ1n) is 7.05. The number of nitrogens with one attached hydrogen (secondary N) is 2. The van der Waals surface area contributed by atoms with Crippen LogP contribution in [0.5, 0.6) is 0 Å². The average molecular weight is 304 g/mol. The minimum Gasteiger partial charge on any atom is -0.336 e. The lowest BCUT2D eigenvalue weighted by molar-refractivity contribution is -0.116. The Morgan fingerprint density at radius 3 is 2.32 bits per heavy atom. The topological polar surface area (TPSA) is 93.8 Å². The molecule has 2 aromatic rings. The van der Waals surface area contributed by atoms with E-state index in [4.69, 9.17) is 0 Å². The van der Waals surface area contributed by atoms with E-state index in [-0.39, 0.29) is 17.6 Å². The summed E-state index contributed by atoms with van der Waals surface area (Å²) in [6.07, 6.45) is 4.50. The third kappa shape index (κ3) is 3.51. The number of hydrogen-bond acceptors (Lipinski definition) is 4. The van der Waals surface area contributed by atoms with Crippen molar-refractivity contribution in [2.45, 2.75) is 26.7 Å². The summed E-state index contributed by atoms with van der Waals surface area (Å²) in [6, 6.07) is 0. The number of carbonyl (C=O) groups excluding carboxylic acids is 2. The van der Waals surface area contributed by atoms with Crippen LogP contribution in [0.2, 0.25) is 0 Å². The number of aryl methyl sites for hydroxylation is 3. The first-order chi connectivity index (χ1) is 10.4. The molecular weight excluding hydrogens is 284 g/mol. The second-order valence-electron chi connectivity index (χ2n) is 5.10. The van der Waals surface area contributed by atoms with Crippen LogP contribution in [-0.2, 0) is 18.9 Å². The van der Waals surface area contributed by atoms with Gasteiger partial charge in [-0.25, -0.2) is 9.97 Å². The Kier molecular flexibility index (Phi) is 4.59. The molecule has 0 unspecified atom stereocenters. The van der Waals surface area contributed by atoms with Crippen LogP contribution in [0.4, 0.5) is 11.6 Å². The highest BCUT2D eigenvalue weighted by Gasteiger charge is 2.16. The predicted molar refractivity (Wildman–Crippen MR) is 82.6 cm³/mol. The van der Waals surface area contributed by atoms with Gasteiger partial charge in [-0.1, -0.05) is 6.92 Å². The standard InChI is InChI=1S/C14H20N6O2/c1-5-6-12(21)16-11-8-20(4)13(17-11)14(22)18-10-7-19(3)9(2)15-10/h7-8H,5-6H2,1-4H3,(H,16,21)(H,18,22).